The first-order chi connectivity index (χ1) is 13.6. The molecule has 2 amide bonds. The van der Waals surface area contributed by atoms with Crippen LogP contribution in [0.1, 0.15) is 48.2 Å². The van der Waals surface area contributed by atoms with Gasteiger partial charge in [0.15, 0.2) is 5.69 Å². The van der Waals surface area contributed by atoms with Crippen LogP contribution in [0.3, 0.4) is 0 Å². The van der Waals surface area contributed by atoms with Crippen molar-refractivity contribution in [2.24, 2.45) is 0 Å². The average molecular weight is 381 g/mol. The van der Waals surface area contributed by atoms with E-state index < -0.39 is 0 Å². The molecule has 28 heavy (non-hydrogen) atoms. The smallest absolute Gasteiger partial charge is 0.275 e. The molecular weight excluding hydrogens is 354 g/mol. The highest BCUT2D eigenvalue weighted by molar-refractivity contribution is 6.05. The van der Waals surface area contributed by atoms with Gasteiger partial charge in [-0.2, -0.15) is 5.10 Å². The summed E-state index contributed by atoms with van der Waals surface area (Å²) in [5.41, 5.74) is 2.23. The highest BCUT2D eigenvalue weighted by Gasteiger charge is 2.44. The van der Waals surface area contributed by atoms with E-state index >= 15 is 0 Å². The van der Waals surface area contributed by atoms with Crippen LogP contribution in [0.25, 0.3) is 10.9 Å². The number of hydrogen-bond acceptors (Lipinski definition) is 4. The maximum atomic E-state index is 13.1. The molecule has 3 aliphatic rings. The number of carbonyl (C=O) groups excluding carboxylic acids is 2. The predicted molar refractivity (Wildman–Crippen MR) is 106 cm³/mol. The second kappa shape index (κ2) is 6.88. The number of H-pyrrole nitrogens is 1. The molecule has 2 saturated heterocycles. The minimum absolute atomic E-state index is 0.000549. The normalized spacial score (nSPS) is 25.1. The zero-order valence-corrected chi connectivity index (χ0v) is 16.3. The van der Waals surface area contributed by atoms with Gasteiger partial charge in [0.05, 0.1) is 11.9 Å². The van der Waals surface area contributed by atoms with Crippen LogP contribution in [0.5, 0.6) is 0 Å². The van der Waals surface area contributed by atoms with E-state index in [4.69, 9.17) is 0 Å². The van der Waals surface area contributed by atoms with E-state index in [0.717, 1.165) is 48.8 Å². The number of hydrogen-bond donors (Lipinski definition) is 2. The number of aromatic amines is 1. The Bertz CT molecular complexity index is 915. The molecule has 148 valence electrons. The van der Waals surface area contributed by atoms with E-state index in [-0.39, 0.29) is 17.9 Å². The number of rotatable bonds is 4. The second-order valence-electron chi connectivity index (χ2n) is 8.62. The highest BCUT2D eigenvalue weighted by Crippen LogP contribution is 2.31. The molecular formula is C21H27N5O2. The number of benzene rings is 1. The zero-order chi connectivity index (χ0) is 19.3. The lowest BCUT2D eigenvalue weighted by atomic mass is 10.1. The van der Waals surface area contributed by atoms with Gasteiger partial charge in [-0.05, 0) is 44.0 Å². The van der Waals surface area contributed by atoms with Crippen LogP contribution in [0.4, 0.5) is 0 Å². The summed E-state index contributed by atoms with van der Waals surface area (Å²) in [6.07, 6.45) is 5.95. The molecule has 7 nitrogen and oxygen atoms in total. The van der Waals surface area contributed by atoms with Crippen molar-refractivity contribution in [3.05, 3.63) is 29.5 Å². The minimum Gasteiger partial charge on any atom is -0.353 e. The predicted octanol–water partition coefficient (Wildman–Crippen LogP) is 1.69. The van der Waals surface area contributed by atoms with E-state index in [1.165, 1.54) is 12.8 Å². The number of likely N-dealkylation sites (N-methyl/N-ethyl adjacent to an activating group) is 1. The third-order valence-electron chi connectivity index (χ3n) is 6.69. The SMILES string of the molecule is CN1C[C@@H]2C[C@H]1CN2C(=O)c1n[nH]c2ccc(CC(=O)NC3CCCC3)cc12. The van der Waals surface area contributed by atoms with Crippen LogP contribution in [0, 0.1) is 0 Å². The fraction of sp³-hybridized carbons (Fsp3) is 0.571. The molecule has 3 fully saturated rings. The molecule has 0 spiro atoms. The molecule has 0 unspecified atom stereocenters. The Morgan fingerprint density at radius 2 is 2.04 bits per heavy atom. The fourth-order valence-electron chi connectivity index (χ4n) is 5.12. The first-order valence-corrected chi connectivity index (χ1v) is 10.4. The first-order valence-electron chi connectivity index (χ1n) is 10.4. The molecule has 2 N–H and O–H groups in total. The second-order valence-corrected chi connectivity index (χ2v) is 8.62. The monoisotopic (exact) mass is 381 g/mol. The molecule has 2 atom stereocenters. The van der Waals surface area contributed by atoms with Crippen molar-refractivity contribution < 1.29 is 9.59 Å². The van der Waals surface area contributed by atoms with E-state index in [2.05, 4.69) is 27.5 Å². The van der Waals surface area contributed by atoms with Crippen LogP contribution in [0.2, 0.25) is 0 Å². The molecule has 2 aromatic rings. The lowest BCUT2D eigenvalue weighted by Crippen LogP contribution is -2.47. The lowest BCUT2D eigenvalue weighted by molar-refractivity contribution is -0.121. The molecule has 5 rings (SSSR count). The third-order valence-corrected chi connectivity index (χ3v) is 6.69. The summed E-state index contributed by atoms with van der Waals surface area (Å²) in [6, 6.07) is 6.88. The van der Waals surface area contributed by atoms with Gasteiger partial charge in [-0.3, -0.25) is 19.6 Å². The van der Waals surface area contributed by atoms with Crippen LogP contribution in [-0.4, -0.2) is 70.1 Å². The van der Waals surface area contributed by atoms with Gasteiger partial charge in [-0.1, -0.05) is 18.9 Å². The zero-order valence-electron chi connectivity index (χ0n) is 16.3. The van der Waals surface area contributed by atoms with Gasteiger partial charge >= 0.3 is 0 Å². The van der Waals surface area contributed by atoms with E-state index in [1.807, 2.05) is 23.1 Å². The van der Waals surface area contributed by atoms with Crippen molar-refractivity contribution in [1.29, 1.82) is 0 Å². The maximum absolute atomic E-state index is 13.1. The van der Waals surface area contributed by atoms with Gasteiger partial charge < -0.3 is 10.2 Å². The molecule has 1 aliphatic carbocycles. The quantitative estimate of drug-likeness (QED) is 0.845. The van der Waals surface area contributed by atoms with Gasteiger partial charge in [0.2, 0.25) is 5.91 Å². The molecule has 2 aliphatic heterocycles. The molecule has 7 heteroatoms. The van der Waals surface area contributed by atoms with Crippen molar-refractivity contribution in [1.82, 2.24) is 25.3 Å². The summed E-state index contributed by atoms with van der Waals surface area (Å²) in [5, 5.41) is 11.2. The Morgan fingerprint density at radius 3 is 2.75 bits per heavy atom. The van der Waals surface area contributed by atoms with Crippen molar-refractivity contribution in [3.63, 3.8) is 0 Å². The third kappa shape index (κ3) is 3.07. The van der Waals surface area contributed by atoms with Crippen molar-refractivity contribution in [3.8, 4) is 0 Å². The number of amides is 2. The number of carbonyl (C=O) groups is 2. The van der Waals surface area contributed by atoms with E-state index in [9.17, 15) is 9.59 Å². The van der Waals surface area contributed by atoms with Crippen LogP contribution in [-0.2, 0) is 11.2 Å². The van der Waals surface area contributed by atoms with Crippen molar-refractivity contribution in [2.75, 3.05) is 20.1 Å². The molecule has 1 aromatic carbocycles. The number of nitrogens with one attached hydrogen (secondary N) is 2. The Balaban J connectivity index is 1.33. The molecule has 2 bridgehead atoms. The van der Waals surface area contributed by atoms with Crippen LogP contribution < -0.4 is 5.32 Å². The topological polar surface area (TPSA) is 81.3 Å². The Labute approximate surface area is 164 Å². The van der Waals surface area contributed by atoms with Gasteiger partial charge in [-0.25, -0.2) is 0 Å². The average Bonchev–Trinajstić information content (AvgIpc) is 3.44. The van der Waals surface area contributed by atoms with Gasteiger partial charge in [-0.15, -0.1) is 0 Å². The number of likely N-dealkylation sites (tertiary alicyclic amines) is 2. The lowest BCUT2D eigenvalue weighted by Gasteiger charge is -2.31. The standard InChI is InChI=1S/C21H27N5O2/c1-25-11-16-10-15(25)12-26(16)21(28)20-17-8-13(6-7-18(17)23-24-20)9-19(27)22-14-4-2-3-5-14/h6-8,14-16H,2-5,9-12H2,1H3,(H,22,27)(H,23,24)/t15-,16-/m0/s1. The highest BCUT2D eigenvalue weighted by atomic mass is 16.2. The van der Waals surface area contributed by atoms with Crippen LogP contribution >= 0.6 is 0 Å². The van der Waals surface area contributed by atoms with Crippen molar-refractivity contribution >= 4 is 22.7 Å². The summed E-state index contributed by atoms with van der Waals surface area (Å²) in [4.78, 5) is 29.8. The minimum atomic E-state index is -0.000549. The largest absolute Gasteiger partial charge is 0.353 e. The Morgan fingerprint density at radius 1 is 1.21 bits per heavy atom. The summed E-state index contributed by atoms with van der Waals surface area (Å²) in [7, 11) is 2.12. The maximum Gasteiger partial charge on any atom is 0.275 e. The van der Waals surface area contributed by atoms with Gasteiger partial charge in [0.25, 0.3) is 5.91 Å². The number of aromatic nitrogens is 2. The summed E-state index contributed by atoms with van der Waals surface area (Å²) in [5.74, 6) is 0.0573. The Kier molecular flexibility index (Phi) is 4.34. The molecule has 3 heterocycles. The summed E-state index contributed by atoms with van der Waals surface area (Å²) < 4.78 is 0. The van der Waals surface area contributed by atoms with Gasteiger partial charge in [0.1, 0.15) is 0 Å². The Hall–Kier alpha value is -2.41. The van der Waals surface area contributed by atoms with Gasteiger partial charge in [0, 0.05) is 36.6 Å². The number of fused-ring (bicyclic) bond motifs is 3. The molecule has 1 aromatic heterocycles. The van der Waals surface area contributed by atoms with Crippen LogP contribution in [0.15, 0.2) is 18.2 Å². The summed E-state index contributed by atoms with van der Waals surface area (Å²) in [6.45, 7) is 1.71. The van der Waals surface area contributed by atoms with E-state index in [1.54, 1.807) is 0 Å². The van der Waals surface area contributed by atoms with Crippen molar-refractivity contribution in [2.45, 2.75) is 56.7 Å². The first kappa shape index (κ1) is 17.7. The molecule has 0 radical (unpaired) electrons. The summed E-state index contributed by atoms with van der Waals surface area (Å²) >= 11 is 0. The molecule has 1 saturated carbocycles. The van der Waals surface area contributed by atoms with E-state index in [0.29, 0.717) is 24.2 Å². The fourth-order valence-corrected chi connectivity index (χ4v) is 5.12. The number of piperazine rings is 1. The number of nitrogens with zero attached hydrogens (tertiary/aromatic N) is 3.